The van der Waals surface area contributed by atoms with Crippen LogP contribution in [-0.2, 0) is 13.0 Å². The normalized spacial score (nSPS) is 12.6. The van der Waals surface area contributed by atoms with Crippen molar-refractivity contribution in [1.29, 1.82) is 0 Å². The molecule has 0 aromatic heterocycles. The monoisotopic (exact) mass is 1620 g/mol. The number of nitrogens with zero attached hydrogens (tertiary/aromatic N) is 1. The van der Waals surface area contributed by atoms with Crippen molar-refractivity contribution in [3.8, 4) is 63.2 Å². The van der Waals surface area contributed by atoms with Gasteiger partial charge in [0.05, 0.1) is 49.0 Å². The lowest BCUT2D eigenvalue weighted by molar-refractivity contribution is 0.122. The van der Waals surface area contributed by atoms with Crippen molar-refractivity contribution in [3.05, 3.63) is 216 Å². The van der Waals surface area contributed by atoms with E-state index >= 15 is 0 Å². The summed E-state index contributed by atoms with van der Waals surface area (Å²) in [7, 11) is 0. The molecule has 6 atom stereocenters. The van der Waals surface area contributed by atoms with Crippen LogP contribution in [0.2, 0.25) is 0 Å². The Labute approximate surface area is 632 Å². The Bertz CT molecular complexity index is 3970. The number of halogens is 9. The molecule has 8 aromatic rings. The summed E-state index contributed by atoms with van der Waals surface area (Å²) < 4.78 is 107. The standard InChI is InChI=1S/C12H17FO4.C10H13FO3.2C10H13FO2.C10H13FO.C9H10FIN2.C9H11FO3.C9H11FO2/c1-7(2)11(16)8-5-9(14)12(10(15)6-8)17-4-3-13;1-5(2)10(14)6-3-7(12)9(11)8(13)4-6;1-6(2)10(13)8-5-7(12)3-4-9(8)11;1-6(2)10(13)7-3-4-8(11)9(12)5-7;1-7(2)10(12)8-3-5-9(11)6-4-8;1-6(12)13-5-7-2-3-8(10)9(11)4-7;1-2-7(11)5-3-8(12)9(13)4-6(5)10;1-2-3-6-4-8(11)9(12)5-7(6)10/h5-7,11,14-16H,3-4H2,1-2H3;3-5,10,12-14H,1-2H3;2*3-6,10,12-13H,1-2H3;3-7,10,12H,1-2H3;2-4H,5H2,1H3,(H2,12,13);3-4,7,11-13H,2H2,1H3;4-5,11-12H,2-3H2,1H3/t;;2*10-;;;7-;/m..00..0./s1/i13-1;4*11-1;3*10-1. The first-order valence-electron chi connectivity index (χ1n) is 33.7. The molecule has 0 aliphatic rings. The Morgan fingerprint density at radius 2 is 0.850 bits per heavy atom. The lowest BCUT2D eigenvalue weighted by Crippen LogP contribution is -2.07. The van der Waals surface area contributed by atoms with Gasteiger partial charge in [0.15, 0.2) is 57.6 Å². The topological polar surface area (TPSA) is 371 Å². The predicted molar refractivity (Wildman–Crippen MR) is 401 cm³/mol. The molecule has 28 heteroatoms. The van der Waals surface area contributed by atoms with E-state index in [1.807, 2.05) is 71.1 Å². The number of aliphatic hydroxyl groups excluding tert-OH is 6. The number of alkyl halides is 1. The Morgan fingerprint density at radius 1 is 0.430 bits per heavy atom. The van der Waals surface area contributed by atoms with Gasteiger partial charge < -0.3 is 92.2 Å². The van der Waals surface area contributed by atoms with Crippen molar-refractivity contribution < 1.29 is 122 Å². The fraction of sp³-hybridized carbons (Fsp3) is 0.380. The lowest BCUT2D eigenvalue weighted by Gasteiger charge is -2.17. The molecule has 107 heavy (non-hydrogen) atoms. The van der Waals surface area contributed by atoms with Gasteiger partial charge >= 0.3 is 0 Å². The van der Waals surface area contributed by atoms with E-state index in [-0.39, 0.29) is 87.7 Å². The summed E-state index contributed by atoms with van der Waals surface area (Å²) in [6.45, 7) is 23.2. The van der Waals surface area contributed by atoms with E-state index in [0.717, 1.165) is 60.0 Å². The zero-order valence-corrected chi connectivity index (χ0v) is 63.9. The van der Waals surface area contributed by atoms with Crippen LogP contribution in [0.1, 0.15) is 184 Å². The maximum Gasteiger partial charge on any atom is 0.206 e. The van der Waals surface area contributed by atoms with E-state index in [1.165, 1.54) is 60.7 Å². The summed E-state index contributed by atoms with van der Waals surface area (Å²) in [6, 6.07) is 27.2. The van der Waals surface area contributed by atoms with Gasteiger partial charge in [-0.05, 0) is 196 Å². The molecule has 0 aliphatic heterocycles. The van der Waals surface area contributed by atoms with Gasteiger partial charge in [0.1, 0.15) is 48.1 Å². The van der Waals surface area contributed by atoms with E-state index in [2.05, 4.69) is 4.99 Å². The van der Waals surface area contributed by atoms with Crippen LogP contribution in [0, 0.1) is 73.9 Å². The Balaban J connectivity index is 0.000000613. The highest BCUT2D eigenvalue weighted by Gasteiger charge is 2.22. The molecule has 0 spiro atoms. The summed E-state index contributed by atoms with van der Waals surface area (Å²) in [5, 5.41) is 149. The molecule has 19 nitrogen and oxygen atoms in total. The molecule has 3 unspecified atom stereocenters. The van der Waals surface area contributed by atoms with Crippen molar-refractivity contribution >= 4 is 28.4 Å². The largest absolute Gasteiger partial charge is 0.508 e. The average Bonchev–Trinajstić information content (AvgIpc) is 0.820. The number of hydrogen-bond donors (Lipinski definition) is 17. The number of aliphatic imine (C=N–C) groups is 1. The summed E-state index contributed by atoms with van der Waals surface area (Å²) in [6.07, 6.45) is -2.87. The molecule has 0 saturated heterocycles. The molecule has 0 bridgehead atoms. The fourth-order valence-corrected chi connectivity index (χ4v) is 9.43. The molecule has 18 N–H and O–H groups in total. The molecule has 592 valence electrons. The molecule has 8 rings (SSSR count). The van der Waals surface area contributed by atoms with Crippen LogP contribution in [0.15, 0.2) is 132 Å². The van der Waals surface area contributed by atoms with Gasteiger partial charge in [-0.2, -0.15) is 4.39 Å². The first-order chi connectivity index (χ1) is 49.8. The zero-order valence-electron chi connectivity index (χ0n) is 61.7. The number of ether oxygens (including phenoxy) is 1. The van der Waals surface area contributed by atoms with Crippen molar-refractivity contribution in [2.75, 3.05) is 13.3 Å². The number of aryl methyl sites for hydroxylation is 1. The third-order valence-corrected chi connectivity index (χ3v) is 15.9. The van der Waals surface area contributed by atoms with E-state index in [4.69, 9.17) is 51.3 Å². The van der Waals surface area contributed by atoms with Gasteiger partial charge in [-0.25, -0.2) is 30.7 Å². The summed E-state index contributed by atoms with van der Waals surface area (Å²) in [5.41, 5.74) is 8.93. The number of nitrogens with two attached hydrogens (primary N) is 1. The first-order valence-corrected chi connectivity index (χ1v) is 34.8. The minimum Gasteiger partial charge on any atom is -0.508 e. The van der Waals surface area contributed by atoms with Crippen molar-refractivity contribution in [2.24, 2.45) is 40.3 Å². The van der Waals surface area contributed by atoms with Crippen LogP contribution in [0.5, 0.6) is 63.2 Å². The summed E-state index contributed by atoms with van der Waals surface area (Å²) >= 11 is 1.95. The first kappa shape index (κ1) is 96.0. The second-order valence-electron chi connectivity index (χ2n) is 25.9. The van der Waals surface area contributed by atoms with E-state index in [9.17, 15) is 76.0 Å². The Morgan fingerprint density at radius 3 is 1.30 bits per heavy atom. The molecule has 0 saturated carbocycles. The molecule has 0 aliphatic carbocycles. The van der Waals surface area contributed by atoms with Gasteiger partial charge in [-0.15, -0.1) is 0 Å². The number of aliphatic hydroxyl groups is 6. The Hall–Kier alpha value is -9.04. The van der Waals surface area contributed by atoms with Crippen molar-refractivity contribution in [3.63, 3.8) is 0 Å². The van der Waals surface area contributed by atoms with Crippen LogP contribution >= 0.6 is 22.6 Å². The summed E-state index contributed by atoms with van der Waals surface area (Å²) in [4.78, 5) is 4.03. The number of hydrogen-bond acceptors (Lipinski definition) is 18. The van der Waals surface area contributed by atoms with Crippen LogP contribution in [-0.4, -0.2) is 101 Å². The second-order valence-corrected chi connectivity index (χ2v) is 27.0. The number of amidine groups is 1. The predicted octanol–water partition coefficient (Wildman–Crippen LogP) is 17.2. The number of phenols is 10. The third kappa shape index (κ3) is 33.3. The van der Waals surface area contributed by atoms with Crippen LogP contribution in [0.4, 0.5) is 35.1 Å². The molecule has 0 amide bonds. The minimum atomic E-state index is -1.07. The molecule has 8 aromatic carbocycles. The number of rotatable bonds is 19. The highest BCUT2D eigenvalue weighted by Crippen LogP contribution is 2.40. The second kappa shape index (κ2) is 47.6. The molecular weight excluding hydrogens is 1520 g/mol. The molecule has 0 fully saturated rings. The lowest BCUT2D eigenvalue weighted by atomic mass is 9.98. The Kier molecular flexibility index (Phi) is 42.7. The quantitative estimate of drug-likeness (QED) is 0.0118. The molecule has 0 radical (unpaired) electrons. The zero-order chi connectivity index (χ0) is 82.0. The smallest absolute Gasteiger partial charge is 0.206 e. The van der Waals surface area contributed by atoms with Crippen LogP contribution in [0.3, 0.4) is 0 Å². The third-order valence-electron chi connectivity index (χ3n) is 15.1. The fourth-order valence-electron chi connectivity index (χ4n) is 8.85. The van der Waals surface area contributed by atoms with Gasteiger partial charge in [-0.3, -0.25) is 4.99 Å². The summed E-state index contributed by atoms with van der Waals surface area (Å²) in [5.74, 6) is -7.48. The van der Waals surface area contributed by atoms with Crippen molar-refractivity contribution in [1.82, 2.24) is 0 Å². The maximum atomic E-state index is 13.1. The highest BCUT2D eigenvalue weighted by atomic mass is 127. The van der Waals surface area contributed by atoms with Crippen LogP contribution in [0.25, 0.3) is 0 Å². The minimum absolute atomic E-state index is 0.00204. The molecular formula is C79H101F8IN2O17. The van der Waals surface area contributed by atoms with E-state index in [1.54, 1.807) is 65.8 Å². The SMILES string of the molecule is CC(C)C(O)c1cc(O)c(OCC[18F])c(O)c1.CC(C)C(O)c1cc(O)c([18F])c(O)c1.CC(C)C(O)c1ccc([18F])cc1.CC(C)[C@H](O)c1cc(O)ccc1[18F].CC(C)[C@H](O)c1ccc([18F])c(O)c1.CC(N)=NCc1ccc([18F])c(I)c1.CCCc1cc(O)c(O)cc1[18F].CC[C@H](O)c1cc(O)c(O)cc1[18F]. The van der Waals surface area contributed by atoms with Crippen molar-refractivity contribution in [2.45, 2.75) is 152 Å². The molecule has 0 heterocycles. The van der Waals surface area contributed by atoms with Gasteiger partial charge in [0, 0.05) is 26.8 Å². The average molecular weight is 1620 g/mol. The van der Waals surface area contributed by atoms with E-state index < -0.39 is 107 Å². The number of phenolic OH excluding ortho intramolecular Hbond substituents is 10. The van der Waals surface area contributed by atoms with Gasteiger partial charge in [0.2, 0.25) is 11.6 Å². The van der Waals surface area contributed by atoms with E-state index in [0.29, 0.717) is 51.0 Å². The number of benzene rings is 8. The van der Waals surface area contributed by atoms with Crippen LogP contribution < -0.4 is 10.5 Å². The van der Waals surface area contributed by atoms with Gasteiger partial charge in [-0.1, -0.05) is 114 Å². The highest BCUT2D eigenvalue weighted by molar-refractivity contribution is 14.1. The maximum absolute atomic E-state index is 13.1. The van der Waals surface area contributed by atoms with Gasteiger partial charge in [0.25, 0.3) is 0 Å². The number of aromatic hydroxyl groups is 10.